The summed E-state index contributed by atoms with van der Waals surface area (Å²) in [6.07, 6.45) is 0. The molecule has 94 valence electrons. The molecule has 4 heteroatoms. The third-order valence-electron chi connectivity index (χ3n) is 2.61. The monoisotopic (exact) mass is 317 g/mol. The maximum atomic E-state index is 11.9. The number of carbonyl (C=O) groups is 1. The van der Waals surface area contributed by atoms with Gasteiger partial charge in [0.15, 0.2) is 0 Å². The largest absolute Gasteiger partial charge is 0.351 e. The number of halogens is 2. The minimum absolute atomic E-state index is 0.0516. The van der Waals surface area contributed by atoms with Gasteiger partial charge in [-0.05, 0) is 36.6 Å². The minimum Gasteiger partial charge on any atom is -0.351 e. The van der Waals surface area contributed by atoms with Crippen LogP contribution in [0.1, 0.15) is 29.8 Å². The molecule has 0 aliphatic carbocycles. The lowest BCUT2D eigenvalue weighted by atomic mass is 10.1. The molecule has 1 N–H and O–H groups in total. The standard InChI is InChI=1S/C13H17BrClNO/c1-8(2)12(14)7-16-13(17)11-5-4-10(15)6-9(11)3/h4-6,8,12H,7H2,1-3H3,(H,16,17). The Labute approximate surface area is 116 Å². The van der Waals surface area contributed by atoms with E-state index in [1.54, 1.807) is 18.2 Å². The van der Waals surface area contributed by atoms with Crippen LogP contribution in [0, 0.1) is 12.8 Å². The third kappa shape index (κ3) is 4.32. The van der Waals surface area contributed by atoms with Crippen molar-refractivity contribution in [3.05, 3.63) is 34.3 Å². The summed E-state index contributed by atoms with van der Waals surface area (Å²) in [5.74, 6) is 0.436. The Balaban J connectivity index is 2.64. The van der Waals surface area contributed by atoms with Crippen LogP contribution in [0.2, 0.25) is 5.02 Å². The van der Waals surface area contributed by atoms with Gasteiger partial charge in [0.2, 0.25) is 0 Å². The van der Waals surface area contributed by atoms with E-state index < -0.39 is 0 Å². The fourth-order valence-corrected chi connectivity index (χ4v) is 1.79. The van der Waals surface area contributed by atoms with Gasteiger partial charge in [-0.1, -0.05) is 41.4 Å². The number of aryl methyl sites for hydroxylation is 1. The van der Waals surface area contributed by atoms with Crippen LogP contribution in [0.15, 0.2) is 18.2 Å². The van der Waals surface area contributed by atoms with Gasteiger partial charge < -0.3 is 5.32 Å². The molecule has 0 aliphatic rings. The van der Waals surface area contributed by atoms with Crippen LogP contribution in [-0.4, -0.2) is 17.3 Å². The average Bonchev–Trinajstić information content (AvgIpc) is 2.25. The summed E-state index contributed by atoms with van der Waals surface area (Å²) in [7, 11) is 0. The molecule has 0 spiro atoms. The van der Waals surface area contributed by atoms with E-state index in [0.29, 0.717) is 27.9 Å². The second-order valence-corrected chi connectivity index (χ2v) is 6.04. The molecule has 0 aromatic heterocycles. The van der Waals surface area contributed by atoms with Gasteiger partial charge in [0, 0.05) is 22.0 Å². The fraction of sp³-hybridized carbons (Fsp3) is 0.462. The molecular weight excluding hydrogens is 302 g/mol. The molecule has 1 aromatic carbocycles. The maximum Gasteiger partial charge on any atom is 0.251 e. The van der Waals surface area contributed by atoms with Gasteiger partial charge in [0.1, 0.15) is 0 Å². The van der Waals surface area contributed by atoms with E-state index in [0.717, 1.165) is 5.56 Å². The second kappa shape index (κ2) is 6.41. The van der Waals surface area contributed by atoms with E-state index in [4.69, 9.17) is 11.6 Å². The van der Waals surface area contributed by atoms with Gasteiger partial charge in [0.25, 0.3) is 5.91 Å². The number of hydrogen-bond donors (Lipinski definition) is 1. The molecule has 2 nitrogen and oxygen atoms in total. The van der Waals surface area contributed by atoms with Crippen LogP contribution in [0.5, 0.6) is 0 Å². The zero-order valence-corrected chi connectivity index (χ0v) is 12.6. The summed E-state index contributed by atoms with van der Waals surface area (Å²) in [5.41, 5.74) is 1.57. The molecular formula is C13H17BrClNO. The SMILES string of the molecule is Cc1cc(Cl)ccc1C(=O)NCC(Br)C(C)C. The molecule has 0 saturated heterocycles. The molecule has 0 saturated carbocycles. The zero-order chi connectivity index (χ0) is 13.0. The lowest BCUT2D eigenvalue weighted by molar-refractivity contribution is 0.0952. The Hall–Kier alpha value is -0.540. The third-order valence-corrected chi connectivity index (χ3v) is 4.23. The fourth-order valence-electron chi connectivity index (χ4n) is 1.40. The summed E-state index contributed by atoms with van der Waals surface area (Å²) >= 11 is 9.39. The number of benzene rings is 1. The molecule has 17 heavy (non-hydrogen) atoms. The number of amides is 1. The quantitative estimate of drug-likeness (QED) is 0.841. The molecule has 0 fully saturated rings. The molecule has 1 aromatic rings. The molecule has 1 unspecified atom stereocenters. The smallest absolute Gasteiger partial charge is 0.251 e. The highest BCUT2D eigenvalue weighted by molar-refractivity contribution is 9.09. The van der Waals surface area contributed by atoms with Gasteiger partial charge in [-0.3, -0.25) is 4.79 Å². The van der Waals surface area contributed by atoms with Crippen molar-refractivity contribution < 1.29 is 4.79 Å². The average molecular weight is 319 g/mol. The Morgan fingerprint density at radius 3 is 2.65 bits per heavy atom. The molecule has 0 heterocycles. The first-order chi connectivity index (χ1) is 7.91. The normalized spacial score (nSPS) is 12.6. The molecule has 1 rings (SSSR count). The van der Waals surface area contributed by atoms with Gasteiger partial charge in [-0.15, -0.1) is 0 Å². The van der Waals surface area contributed by atoms with E-state index >= 15 is 0 Å². The predicted octanol–water partition coefficient (Wildman–Crippen LogP) is 3.80. The van der Waals surface area contributed by atoms with Crippen LogP contribution in [0.25, 0.3) is 0 Å². The Kier molecular flexibility index (Phi) is 5.47. The van der Waals surface area contributed by atoms with Crippen molar-refractivity contribution >= 4 is 33.4 Å². The van der Waals surface area contributed by atoms with Crippen molar-refractivity contribution in [2.24, 2.45) is 5.92 Å². The summed E-state index contributed by atoms with van der Waals surface area (Å²) in [6, 6.07) is 5.29. The van der Waals surface area contributed by atoms with Crippen molar-refractivity contribution in [1.82, 2.24) is 5.32 Å². The first kappa shape index (κ1) is 14.5. The molecule has 1 atom stereocenters. The number of alkyl halides is 1. The lowest BCUT2D eigenvalue weighted by Crippen LogP contribution is -2.32. The number of rotatable bonds is 4. The van der Waals surface area contributed by atoms with Crippen molar-refractivity contribution in [1.29, 1.82) is 0 Å². The number of hydrogen-bond acceptors (Lipinski definition) is 1. The lowest BCUT2D eigenvalue weighted by Gasteiger charge is -2.15. The number of nitrogens with one attached hydrogen (secondary N) is 1. The molecule has 0 aliphatic heterocycles. The first-order valence-electron chi connectivity index (χ1n) is 5.60. The highest BCUT2D eigenvalue weighted by Gasteiger charge is 2.13. The van der Waals surface area contributed by atoms with Crippen LogP contribution in [0.3, 0.4) is 0 Å². The summed E-state index contributed by atoms with van der Waals surface area (Å²) in [6.45, 7) is 6.73. The zero-order valence-electron chi connectivity index (χ0n) is 10.3. The van der Waals surface area contributed by atoms with Crippen LogP contribution < -0.4 is 5.32 Å². The Morgan fingerprint density at radius 1 is 1.47 bits per heavy atom. The first-order valence-corrected chi connectivity index (χ1v) is 6.89. The van der Waals surface area contributed by atoms with E-state index in [9.17, 15) is 4.79 Å². The van der Waals surface area contributed by atoms with Crippen molar-refractivity contribution in [2.75, 3.05) is 6.54 Å². The second-order valence-electron chi connectivity index (χ2n) is 4.43. The molecule has 0 bridgehead atoms. The maximum absolute atomic E-state index is 11.9. The molecule has 0 radical (unpaired) electrons. The summed E-state index contributed by atoms with van der Waals surface area (Å²) < 4.78 is 0. The highest BCUT2D eigenvalue weighted by Crippen LogP contribution is 2.15. The van der Waals surface area contributed by atoms with Gasteiger partial charge in [-0.2, -0.15) is 0 Å². The topological polar surface area (TPSA) is 29.1 Å². The van der Waals surface area contributed by atoms with Crippen molar-refractivity contribution in [3.63, 3.8) is 0 Å². The van der Waals surface area contributed by atoms with E-state index in [-0.39, 0.29) is 5.91 Å². The van der Waals surface area contributed by atoms with Crippen molar-refractivity contribution in [2.45, 2.75) is 25.6 Å². The van der Waals surface area contributed by atoms with Gasteiger partial charge in [0.05, 0.1) is 0 Å². The van der Waals surface area contributed by atoms with Crippen LogP contribution in [0.4, 0.5) is 0 Å². The van der Waals surface area contributed by atoms with E-state index in [1.807, 2.05) is 6.92 Å². The van der Waals surface area contributed by atoms with E-state index in [1.165, 1.54) is 0 Å². The minimum atomic E-state index is -0.0516. The predicted molar refractivity (Wildman–Crippen MR) is 76.1 cm³/mol. The van der Waals surface area contributed by atoms with E-state index in [2.05, 4.69) is 35.1 Å². The molecule has 1 amide bonds. The Bertz CT molecular complexity index is 406. The Morgan fingerprint density at radius 2 is 2.12 bits per heavy atom. The highest BCUT2D eigenvalue weighted by atomic mass is 79.9. The van der Waals surface area contributed by atoms with Crippen molar-refractivity contribution in [3.8, 4) is 0 Å². The van der Waals surface area contributed by atoms with Gasteiger partial charge in [-0.25, -0.2) is 0 Å². The summed E-state index contributed by atoms with van der Waals surface area (Å²) in [4.78, 5) is 12.2. The van der Waals surface area contributed by atoms with Crippen LogP contribution >= 0.6 is 27.5 Å². The van der Waals surface area contributed by atoms with Crippen LogP contribution in [-0.2, 0) is 0 Å². The summed E-state index contributed by atoms with van der Waals surface area (Å²) in [5, 5.41) is 3.56. The number of carbonyl (C=O) groups excluding carboxylic acids is 1. The van der Waals surface area contributed by atoms with Gasteiger partial charge >= 0.3 is 0 Å².